The molecule has 3 heterocycles. The van der Waals surface area contributed by atoms with Crippen molar-refractivity contribution in [1.82, 2.24) is 18.9 Å². The molecule has 0 bridgehead atoms. The van der Waals surface area contributed by atoms with E-state index >= 15 is 0 Å². The first-order valence-electron chi connectivity index (χ1n) is 10.9. The number of thiazole rings is 1. The molecule has 4 aromatic rings. The van der Waals surface area contributed by atoms with Crippen LogP contribution in [0.2, 0.25) is 0 Å². The summed E-state index contributed by atoms with van der Waals surface area (Å²) < 4.78 is 15.4. The van der Waals surface area contributed by atoms with Crippen LogP contribution in [0.3, 0.4) is 0 Å². The van der Waals surface area contributed by atoms with Gasteiger partial charge < -0.3 is 14.0 Å². The number of rotatable bonds is 8. The van der Waals surface area contributed by atoms with Gasteiger partial charge in [-0.1, -0.05) is 18.2 Å². The molecule has 0 amide bonds. The number of ketones is 1. The summed E-state index contributed by atoms with van der Waals surface area (Å²) in [5, 5.41) is 2.22. The summed E-state index contributed by atoms with van der Waals surface area (Å²) >= 11 is 1.28. The summed E-state index contributed by atoms with van der Waals surface area (Å²) in [6.45, 7) is 5.35. The Hall–Kier alpha value is -3.76. The van der Waals surface area contributed by atoms with E-state index in [0.717, 1.165) is 17.1 Å². The Labute approximate surface area is 206 Å². The van der Waals surface area contributed by atoms with Crippen LogP contribution in [0.15, 0.2) is 46.6 Å². The smallest absolute Gasteiger partial charge is 0.358 e. The van der Waals surface area contributed by atoms with Crippen molar-refractivity contribution in [2.75, 3.05) is 13.7 Å². The van der Waals surface area contributed by atoms with Gasteiger partial charge in [-0.05, 0) is 39.0 Å². The summed E-state index contributed by atoms with van der Waals surface area (Å²) in [5.41, 5.74) is 3.63. The van der Waals surface area contributed by atoms with Gasteiger partial charge in [0.1, 0.15) is 10.7 Å². The maximum atomic E-state index is 13.5. The quantitative estimate of drug-likeness (QED) is 0.275. The lowest BCUT2D eigenvalue weighted by Gasteiger charge is -2.08. The fraction of sp³-hybridized carbons (Fsp3) is 0.280. The van der Waals surface area contributed by atoms with Gasteiger partial charge in [0, 0.05) is 36.5 Å². The highest BCUT2D eigenvalue weighted by Gasteiger charge is 2.24. The number of hydrogen-bond donors (Lipinski definition) is 0. The van der Waals surface area contributed by atoms with Crippen LogP contribution in [-0.4, -0.2) is 44.4 Å². The van der Waals surface area contributed by atoms with Gasteiger partial charge >= 0.3 is 5.97 Å². The number of aryl methyl sites for hydroxylation is 1. The molecule has 0 saturated heterocycles. The molecular weight excluding hydrogens is 468 g/mol. The van der Waals surface area contributed by atoms with Gasteiger partial charge in [0.2, 0.25) is 5.78 Å². The Kier molecular flexibility index (Phi) is 6.86. The molecule has 3 aromatic heterocycles. The minimum Gasteiger partial charge on any atom is -0.453 e. The zero-order valence-electron chi connectivity index (χ0n) is 20.2. The molecule has 35 heavy (non-hydrogen) atoms. The number of nitrogens with zero attached hydrogens (tertiary/aromatic N) is 4. The van der Waals surface area contributed by atoms with E-state index < -0.39 is 12.6 Å². The van der Waals surface area contributed by atoms with Gasteiger partial charge in [-0.25, -0.2) is 14.5 Å². The topological polar surface area (TPSA) is 97.4 Å². The standard InChI is InChI=1S/C25H26N4O5S/c1-15-11-19(21(30)12-34-25(32)20-14-35-22(26-20)13-33-5)16(2)28(15)23-17(3)27(4)29(24(23)31)18-9-7-6-8-10-18/h6-11,14H,12-13H2,1-5H3. The van der Waals surface area contributed by atoms with Crippen molar-refractivity contribution in [3.05, 3.63) is 85.5 Å². The van der Waals surface area contributed by atoms with Crippen LogP contribution in [0.25, 0.3) is 11.4 Å². The molecule has 0 aliphatic heterocycles. The maximum absolute atomic E-state index is 13.5. The summed E-state index contributed by atoms with van der Waals surface area (Å²) in [4.78, 5) is 42.9. The summed E-state index contributed by atoms with van der Waals surface area (Å²) in [5.74, 6) is -1.03. The Morgan fingerprint density at radius 3 is 2.49 bits per heavy atom. The van der Waals surface area contributed by atoms with Crippen LogP contribution in [0, 0.1) is 20.8 Å². The normalized spacial score (nSPS) is 11.1. The third kappa shape index (κ3) is 4.50. The highest BCUT2D eigenvalue weighted by atomic mass is 32.1. The SMILES string of the molecule is COCc1nc(C(=O)OCC(=O)c2cc(C)n(-c3c(C)n(C)n(-c4ccccc4)c3=O)c2C)cs1. The monoisotopic (exact) mass is 494 g/mol. The number of hydrogen-bond acceptors (Lipinski definition) is 7. The number of benzene rings is 1. The molecule has 0 fully saturated rings. The number of ether oxygens (including phenoxy) is 2. The van der Waals surface area contributed by atoms with Crippen LogP contribution in [0.4, 0.5) is 0 Å². The van der Waals surface area contributed by atoms with E-state index in [1.807, 2.05) is 51.2 Å². The molecule has 0 N–H and O–H groups in total. The van der Waals surface area contributed by atoms with Crippen molar-refractivity contribution in [3.8, 4) is 11.4 Å². The molecule has 0 spiro atoms. The fourth-order valence-corrected chi connectivity index (χ4v) is 4.81. The lowest BCUT2D eigenvalue weighted by molar-refractivity contribution is 0.0469. The predicted octanol–water partition coefficient (Wildman–Crippen LogP) is 3.53. The summed E-state index contributed by atoms with van der Waals surface area (Å²) in [6.07, 6.45) is 0. The fourth-order valence-electron chi connectivity index (χ4n) is 4.08. The Balaban J connectivity index is 1.61. The molecule has 0 aliphatic carbocycles. The molecule has 4 rings (SSSR count). The van der Waals surface area contributed by atoms with Crippen molar-refractivity contribution in [1.29, 1.82) is 0 Å². The average molecular weight is 495 g/mol. The van der Waals surface area contributed by atoms with E-state index in [1.54, 1.807) is 39.4 Å². The van der Waals surface area contributed by atoms with E-state index in [1.165, 1.54) is 11.3 Å². The first-order chi connectivity index (χ1) is 16.7. The molecule has 1 aromatic carbocycles. The van der Waals surface area contributed by atoms with E-state index in [-0.39, 0.29) is 17.0 Å². The zero-order chi connectivity index (χ0) is 25.3. The molecule has 0 radical (unpaired) electrons. The number of Topliss-reactive ketones (excluding diaryl/α,β-unsaturated/α-hetero) is 1. The average Bonchev–Trinajstić information content (AvgIpc) is 3.49. The van der Waals surface area contributed by atoms with Gasteiger partial charge in [0.25, 0.3) is 5.56 Å². The van der Waals surface area contributed by atoms with Crippen molar-refractivity contribution in [3.63, 3.8) is 0 Å². The predicted molar refractivity (Wildman–Crippen MR) is 132 cm³/mol. The van der Waals surface area contributed by atoms with Gasteiger partial charge in [-0.3, -0.25) is 14.3 Å². The molecule has 10 heteroatoms. The van der Waals surface area contributed by atoms with Crippen molar-refractivity contribution >= 4 is 23.1 Å². The first kappa shape index (κ1) is 24.4. The van der Waals surface area contributed by atoms with Crippen LogP contribution < -0.4 is 5.56 Å². The zero-order valence-corrected chi connectivity index (χ0v) is 21.0. The second-order valence-corrected chi connectivity index (χ2v) is 9.03. The van der Waals surface area contributed by atoms with Gasteiger partial charge in [-0.2, -0.15) is 0 Å². The summed E-state index contributed by atoms with van der Waals surface area (Å²) in [6, 6.07) is 11.1. The minimum absolute atomic E-state index is 0.140. The van der Waals surface area contributed by atoms with Crippen LogP contribution in [0.1, 0.15) is 42.9 Å². The number of aromatic nitrogens is 4. The van der Waals surface area contributed by atoms with Crippen molar-refractivity contribution in [2.45, 2.75) is 27.4 Å². The molecule has 0 atom stereocenters. The Bertz CT molecular complexity index is 1460. The van der Waals surface area contributed by atoms with Gasteiger partial charge in [-0.15, -0.1) is 11.3 Å². The van der Waals surface area contributed by atoms with Crippen molar-refractivity contribution in [2.24, 2.45) is 7.05 Å². The maximum Gasteiger partial charge on any atom is 0.358 e. The lowest BCUT2D eigenvalue weighted by atomic mass is 10.1. The van der Waals surface area contributed by atoms with E-state index in [4.69, 9.17) is 9.47 Å². The molecular formula is C25H26N4O5S. The van der Waals surface area contributed by atoms with E-state index in [0.29, 0.717) is 28.6 Å². The Morgan fingerprint density at radius 1 is 1.09 bits per heavy atom. The van der Waals surface area contributed by atoms with Gasteiger partial charge in [0.15, 0.2) is 12.3 Å². The summed E-state index contributed by atoms with van der Waals surface area (Å²) in [7, 11) is 3.37. The molecule has 9 nitrogen and oxygen atoms in total. The number of carbonyl (C=O) groups is 2. The largest absolute Gasteiger partial charge is 0.453 e. The van der Waals surface area contributed by atoms with E-state index in [9.17, 15) is 14.4 Å². The first-order valence-corrected chi connectivity index (χ1v) is 11.8. The van der Waals surface area contributed by atoms with E-state index in [2.05, 4.69) is 4.98 Å². The number of esters is 1. The third-order valence-electron chi connectivity index (χ3n) is 5.84. The number of carbonyl (C=O) groups excluding carboxylic acids is 2. The lowest BCUT2D eigenvalue weighted by Crippen LogP contribution is -2.22. The minimum atomic E-state index is -0.671. The molecule has 0 saturated carbocycles. The third-order valence-corrected chi connectivity index (χ3v) is 6.66. The van der Waals surface area contributed by atoms with Crippen molar-refractivity contribution < 1.29 is 19.1 Å². The number of para-hydroxylation sites is 1. The van der Waals surface area contributed by atoms with Gasteiger partial charge in [0.05, 0.1) is 18.0 Å². The number of methoxy groups -OCH3 is 1. The highest BCUT2D eigenvalue weighted by molar-refractivity contribution is 7.09. The van der Waals surface area contributed by atoms with Crippen LogP contribution in [-0.2, 0) is 23.1 Å². The van der Waals surface area contributed by atoms with Crippen LogP contribution >= 0.6 is 11.3 Å². The Morgan fingerprint density at radius 2 is 1.80 bits per heavy atom. The van der Waals surface area contributed by atoms with Crippen LogP contribution in [0.5, 0.6) is 0 Å². The molecule has 0 unspecified atom stereocenters. The molecule has 0 aliphatic rings. The molecule has 182 valence electrons. The highest BCUT2D eigenvalue weighted by Crippen LogP contribution is 2.23. The second kappa shape index (κ2) is 9.85. The second-order valence-electron chi connectivity index (χ2n) is 8.09.